The Balaban J connectivity index is 2.25. The largest absolute Gasteiger partial charge is 0.382 e. The fraction of sp³-hybridized carbons (Fsp3) is 0. The first-order chi connectivity index (χ1) is 10.1. The predicted octanol–water partition coefficient (Wildman–Crippen LogP) is 5.40. The summed E-state index contributed by atoms with van der Waals surface area (Å²) in [5.41, 5.74) is 9.35. The van der Waals surface area contributed by atoms with Crippen LogP contribution in [-0.4, -0.2) is 10.2 Å². The van der Waals surface area contributed by atoms with Crippen molar-refractivity contribution in [2.24, 2.45) is 0 Å². The summed E-state index contributed by atoms with van der Waals surface area (Å²) in [5.74, 6) is 0.419. The summed E-state index contributed by atoms with van der Waals surface area (Å²) in [5, 5.41) is 8.19. The number of rotatable bonds is 2. The number of aromatic amines is 1. The first kappa shape index (κ1) is 14.4. The third-order valence-corrected chi connectivity index (χ3v) is 4.38. The van der Waals surface area contributed by atoms with Crippen molar-refractivity contribution < 1.29 is 0 Å². The molecule has 21 heavy (non-hydrogen) atoms. The van der Waals surface area contributed by atoms with Crippen molar-refractivity contribution >= 4 is 44.9 Å². The molecule has 0 amide bonds. The molecular weight excluding hydrogens is 373 g/mol. The van der Waals surface area contributed by atoms with Gasteiger partial charge in [0.15, 0.2) is 5.82 Å². The van der Waals surface area contributed by atoms with Crippen LogP contribution in [0.15, 0.2) is 46.9 Å². The molecule has 1 aromatic heterocycles. The predicted molar refractivity (Wildman–Crippen MR) is 91.6 cm³/mol. The summed E-state index contributed by atoms with van der Waals surface area (Å²) in [6.07, 6.45) is 0. The molecule has 0 saturated carbocycles. The van der Waals surface area contributed by atoms with E-state index >= 15 is 0 Å². The number of nitrogen functional groups attached to an aromatic ring is 1. The van der Waals surface area contributed by atoms with Gasteiger partial charge in [-0.2, -0.15) is 5.10 Å². The highest BCUT2D eigenvalue weighted by Gasteiger charge is 2.18. The zero-order valence-corrected chi connectivity index (χ0v) is 13.8. The number of hydrogen-bond acceptors (Lipinski definition) is 2. The number of H-pyrrole nitrogens is 1. The minimum atomic E-state index is 0.419. The van der Waals surface area contributed by atoms with Crippen molar-refractivity contribution in [3.05, 3.63) is 57.0 Å². The van der Waals surface area contributed by atoms with E-state index < -0.39 is 0 Å². The SMILES string of the molecule is Nc1n[nH]c(-c2ccc(Cl)cc2Cl)c1-c1ccccc1Br. The highest BCUT2D eigenvalue weighted by Crippen LogP contribution is 2.40. The van der Waals surface area contributed by atoms with Crippen LogP contribution in [0.2, 0.25) is 10.0 Å². The molecule has 0 fully saturated rings. The molecule has 3 N–H and O–H groups in total. The van der Waals surface area contributed by atoms with Crippen LogP contribution in [0.1, 0.15) is 0 Å². The van der Waals surface area contributed by atoms with E-state index in [4.69, 9.17) is 28.9 Å². The van der Waals surface area contributed by atoms with Gasteiger partial charge in [0.1, 0.15) is 0 Å². The van der Waals surface area contributed by atoms with E-state index in [1.807, 2.05) is 30.3 Å². The van der Waals surface area contributed by atoms with Crippen LogP contribution in [0, 0.1) is 0 Å². The van der Waals surface area contributed by atoms with Crippen molar-refractivity contribution in [3.8, 4) is 22.4 Å². The molecule has 3 nitrogen and oxygen atoms in total. The zero-order chi connectivity index (χ0) is 15.0. The van der Waals surface area contributed by atoms with Crippen LogP contribution >= 0.6 is 39.1 Å². The summed E-state index contributed by atoms with van der Waals surface area (Å²) < 4.78 is 0.935. The first-order valence-corrected chi connectivity index (χ1v) is 7.67. The van der Waals surface area contributed by atoms with Crippen LogP contribution < -0.4 is 5.73 Å². The summed E-state index contributed by atoms with van der Waals surface area (Å²) >= 11 is 15.8. The second-order valence-electron chi connectivity index (χ2n) is 4.46. The molecule has 0 radical (unpaired) electrons. The molecule has 1 heterocycles. The Morgan fingerprint density at radius 3 is 2.52 bits per heavy atom. The maximum Gasteiger partial charge on any atom is 0.153 e. The highest BCUT2D eigenvalue weighted by atomic mass is 79.9. The van der Waals surface area contributed by atoms with E-state index in [0.29, 0.717) is 15.9 Å². The van der Waals surface area contributed by atoms with Gasteiger partial charge in [-0.3, -0.25) is 5.10 Å². The van der Waals surface area contributed by atoms with E-state index in [1.165, 1.54) is 0 Å². The van der Waals surface area contributed by atoms with E-state index in [-0.39, 0.29) is 0 Å². The molecule has 2 aromatic carbocycles. The monoisotopic (exact) mass is 381 g/mol. The first-order valence-electron chi connectivity index (χ1n) is 6.12. The Labute approximate surface area is 140 Å². The van der Waals surface area contributed by atoms with E-state index in [2.05, 4.69) is 26.1 Å². The maximum atomic E-state index is 6.29. The Hall–Kier alpha value is -1.49. The van der Waals surface area contributed by atoms with Gasteiger partial charge in [0.25, 0.3) is 0 Å². The van der Waals surface area contributed by atoms with Crippen molar-refractivity contribution in [2.45, 2.75) is 0 Å². The van der Waals surface area contributed by atoms with Crippen LogP contribution in [0.4, 0.5) is 5.82 Å². The van der Waals surface area contributed by atoms with Gasteiger partial charge >= 0.3 is 0 Å². The molecule has 0 unspecified atom stereocenters. The van der Waals surface area contributed by atoms with Crippen LogP contribution in [-0.2, 0) is 0 Å². The van der Waals surface area contributed by atoms with E-state index in [0.717, 1.165) is 26.9 Å². The number of benzene rings is 2. The maximum absolute atomic E-state index is 6.29. The molecule has 3 rings (SSSR count). The molecule has 106 valence electrons. The lowest BCUT2D eigenvalue weighted by Gasteiger charge is -2.08. The van der Waals surface area contributed by atoms with Gasteiger partial charge in [-0.25, -0.2) is 0 Å². The normalized spacial score (nSPS) is 10.8. The molecule has 3 aromatic rings. The topological polar surface area (TPSA) is 54.7 Å². The second kappa shape index (κ2) is 5.72. The smallest absolute Gasteiger partial charge is 0.153 e. The number of anilines is 1. The van der Waals surface area contributed by atoms with Crippen molar-refractivity contribution in [1.82, 2.24) is 10.2 Å². The lowest BCUT2D eigenvalue weighted by Crippen LogP contribution is -1.90. The van der Waals surface area contributed by atoms with Gasteiger partial charge in [0.2, 0.25) is 0 Å². The molecule has 0 aliphatic heterocycles. The Morgan fingerprint density at radius 1 is 1.05 bits per heavy atom. The summed E-state index contributed by atoms with van der Waals surface area (Å²) in [6, 6.07) is 13.1. The summed E-state index contributed by atoms with van der Waals surface area (Å²) in [6.45, 7) is 0. The van der Waals surface area contributed by atoms with E-state index in [1.54, 1.807) is 12.1 Å². The van der Waals surface area contributed by atoms with Gasteiger partial charge in [-0.15, -0.1) is 0 Å². The van der Waals surface area contributed by atoms with Gasteiger partial charge in [0, 0.05) is 20.6 Å². The molecule has 0 saturated heterocycles. The van der Waals surface area contributed by atoms with Gasteiger partial charge in [0.05, 0.1) is 16.3 Å². The Bertz CT molecular complexity index is 814. The molecular formula is C15H10BrCl2N3. The molecule has 0 aliphatic carbocycles. The molecule has 0 aliphatic rings. The number of aromatic nitrogens is 2. The third kappa shape index (κ3) is 2.67. The second-order valence-corrected chi connectivity index (χ2v) is 6.16. The van der Waals surface area contributed by atoms with E-state index in [9.17, 15) is 0 Å². The highest BCUT2D eigenvalue weighted by molar-refractivity contribution is 9.10. The molecule has 0 atom stereocenters. The average Bonchev–Trinajstić information content (AvgIpc) is 2.81. The number of halogens is 3. The third-order valence-electron chi connectivity index (χ3n) is 3.14. The Kier molecular flexibility index (Phi) is 3.93. The average molecular weight is 383 g/mol. The van der Waals surface area contributed by atoms with Crippen molar-refractivity contribution in [3.63, 3.8) is 0 Å². The minimum Gasteiger partial charge on any atom is -0.382 e. The van der Waals surface area contributed by atoms with Gasteiger partial charge in [-0.1, -0.05) is 57.3 Å². The quantitative estimate of drug-likeness (QED) is 0.623. The van der Waals surface area contributed by atoms with Crippen LogP contribution in [0.25, 0.3) is 22.4 Å². The zero-order valence-electron chi connectivity index (χ0n) is 10.7. The number of hydrogen-bond donors (Lipinski definition) is 2. The number of nitrogens with one attached hydrogen (secondary N) is 1. The molecule has 6 heteroatoms. The van der Waals surface area contributed by atoms with Crippen molar-refractivity contribution in [2.75, 3.05) is 5.73 Å². The van der Waals surface area contributed by atoms with Crippen LogP contribution in [0.5, 0.6) is 0 Å². The molecule has 0 spiro atoms. The number of nitrogens with zero attached hydrogens (tertiary/aromatic N) is 1. The minimum absolute atomic E-state index is 0.419. The Morgan fingerprint density at radius 2 is 1.81 bits per heavy atom. The fourth-order valence-corrected chi connectivity index (χ4v) is 3.17. The lowest BCUT2D eigenvalue weighted by molar-refractivity contribution is 1.10. The van der Waals surface area contributed by atoms with Gasteiger partial charge in [-0.05, 0) is 24.3 Å². The van der Waals surface area contributed by atoms with Gasteiger partial charge < -0.3 is 5.73 Å². The fourth-order valence-electron chi connectivity index (χ4n) is 2.18. The standard InChI is InChI=1S/C15H10BrCl2N3/c16-11-4-2-1-3-9(11)13-14(20-21-15(13)19)10-6-5-8(17)7-12(10)18/h1-7H,(H3,19,20,21). The number of nitrogens with two attached hydrogens (primary N) is 1. The lowest BCUT2D eigenvalue weighted by atomic mass is 10.0. The van der Waals surface area contributed by atoms with Crippen LogP contribution in [0.3, 0.4) is 0 Å². The summed E-state index contributed by atoms with van der Waals surface area (Å²) in [4.78, 5) is 0. The summed E-state index contributed by atoms with van der Waals surface area (Å²) in [7, 11) is 0. The van der Waals surface area contributed by atoms with Crippen molar-refractivity contribution in [1.29, 1.82) is 0 Å². The molecule has 0 bridgehead atoms.